The summed E-state index contributed by atoms with van der Waals surface area (Å²) in [6.45, 7) is 3.34. The topological polar surface area (TPSA) is 85.2 Å². The molecular weight excluding hydrogens is 411 g/mol. The van der Waals surface area contributed by atoms with E-state index in [1.165, 1.54) is 16.8 Å². The van der Waals surface area contributed by atoms with E-state index in [0.29, 0.717) is 18.8 Å². The molecule has 4 rings (SSSR count). The minimum Gasteiger partial charge on any atom is -0.495 e. The van der Waals surface area contributed by atoms with Gasteiger partial charge in [-0.2, -0.15) is 0 Å². The van der Waals surface area contributed by atoms with Crippen molar-refractivity contribution in [3.8, 4) is 5.75 Å². The molecule has 0 bridgehead atoms. The number of tetrazole rings is 1. The fourth-order valence-electron chi connectivity index (χ4n) is 4.16. The number of benzene rings is 2. The summed E-state index contributed by atoms with van der Waals surface area (Å²) in [5.41, 5.74) is 1.86. The van der Waals surface area contributed by atoms with Gasteiger partial charge in [0.2, 0.25) is 5.91 Å². The van der Waals surface area contributed by atoms with Crippen LogP contribution in [-0.2, 0) is 11.2 Å². The first-order valence-electron chi connectivity index (χ1n) is 10.7. The second-order valence-corrected chi connectivity index (χ2v) is 7.98. The van der Waals surface area contributed by atoms with Crippen molar-refractivity contribution in [2.75, 3.05) is 25.1 Å². The molecular formula is C23H27FN6O2. The van der Waals surface area contributed by atoms with Crippen molar-refractivity contribution >= 4 is 11.6 Å². The third-order valence-corrected chi connectivity index (χ3v) is 5.79. The summed E-state index contributed by atoms with van der Waals surface area (Å²) in [7, 11) is 1.66. The van der Waals surface area contributed by atoms with E-state index >= 15 is 0 Å². The Morgan fingerprint density at radius 2 is 2.03 bits per heavy atom. The van der Waals surface area contributed by atoms with E-state index in [2.05, 4.69) is 25.7 Å². The van der Waals surface area contributed by atoms with Crippen LogP contribution in [0.2, 0.25) is 0 Å². The second-order valence-electron chi connectivity index (χ2n) is 7.98. The second kappa shape index (κ2) is 9.76. The lowest BCUT2D eigenvalue weighted by Crippen LogP contribution is -2.50. The van der Waals surface area contributed by atoms with Crippen LogP contribution in [-0.4, -0.2) is 52.4 Å². The van der Waals surface area contributed by atoms with Gasteiger partial charge in [0.15, 0.2) is 0 Å². The highest BCUT2D eigenvalue weighted by Gasteiger charge is 2.29. The average Bonchev–Trinajstić information content (AvgIpc) is 3.24. The Morgan fingerprint density at radius 3 is 2.75 bits per heavy atom. The predicted molar refractivity (Wildman–Crippen MR) is 118 cm³/mol. The molecule has 3 aromatic rings. The normalized spacial score (nSPS) is 17.1. The summed E-state index contributed by atoms with van der Waals surface area (Å²) in [6, 6.07) is 13.4. The van der Waals surface area contributed by atoms with Crippen LogP contribution in [0.15, 0.2) is 48.5 Å². The van der Waals surface area contributed by atoms with E-state index in [4.69, 9.17) is 4.74 Å². The van der Waals surface area contributed by atoms with Gasteiger partial charge in [-0.3, -0.25) is 4.79 Å². The van der Waals surface area contributed by atoms with Crippen LogP contribution in [0.5, 0.6) is 5.75 Å². The number of hydrogen-bond donors (Lipinski definition) is 1. The number of piperidine rings is 1. The molecule has 32 heavy (non-hydrogen) atoms. The summed E-state index contributed by atoms with van der Waals surface area (Å²) in [5, 5.41) is 14.8. The number of amides is 1. The molecule has 168 valence electrons. The number of nitrogens with zero attached hydrogens (tertiary/aromatic N) is 5. The quantitative estimate of drug-likeness (QED) is 0.611. The first-order valence-corrected chi connectivity index (χ1v) is 10.7. The third-order valence-electron chi connectivity index (χ3n) is 5.79. The molecule has 1 aliphatic heterocycles. The van der Waals surface area contributed by atoms with Crippen LogP contribution in [0.3, 0.4) is 0 Å². The maximum atomic E-state index is 13.4. The molecule has 1 N–H and O–H groups in total. The van der Waals surface area contributed by atoms with E-state index in [9.17, 15) is 9.18 Å². The molecule has 2 heterocycles. The van der Waals surface area contributed by atoms with Crippen LogP contribution >= 0.6 is 0 Å². The number of para-hydroxylation sites is 2. The van der Waals surface area contributed by atoms with Crippen LogP contribution in [0, 0.1) is 12.7 Å². The molecule has 1 aliphatic rings. The summed E-state index contributed by atoms with van der Waals surface area (Å²) in [5.74, 6) is 0.896. The monoisotopic (exact) mass is 438 g/mol. The number of rotatable bonds is 7. The predicted octanol–water partition coefficient (Wildman–Crippen LogP) is 2.70. The number of nitrogens with one attached hydrogen (secondary N) is 1. The molecule has 1 aromatic heterocycles. The van der Waals surface area contributed by atoms with Gasteiger partial charge < -0.3 is 15.0 Å². The van der Waals surface area contributed by atoms with Crippen LogP contribution < -0.4 is 15.0 Å². The Morgan fingerprint density at radius 1 is 1.25 bits per heavy atom. The Labute approximate surface area is 186 Å². The lowest BCUT2D eigenvalue weighted by atomic mass is 10.0. The minimum atomic E-state index is -0.628. The Hall–Kier alpha value is -3.49. The highest BCUT2D eigenvalue weighted by Crippen LogP contribution is 2.30. The SMILES string of the molecule is COc1ccccc1N1CCCC(NC(=O)C(Cc2ccc(F)cc2)n2nnnc2C)C1. The Kier molecular flexibility index (Phi) is 6.63. The van der Waals surface area contributed by atoms with E-state index in [-0.39, 0.29) is 17.8 Å². The van der Waals surface area contributed by atoms with Crippen molar-refractivity contribution in [2.24, 2.45) is 0 Å². The number of methoxy groups -OCH3 is 1. The number of hydrogen-bond acceptors (Lipinski definition) is 6. The zero-order valence-corrected chi connectivity index (χ0v) is 18.2. The van der Waals surface area contributed by atoms with Crippen LogP contribution in [0.25, 0.3) is 0 Å². The number of anilines is 1. The van der Waals surface area contributed by atoms with Gasteiger partial charge in [0.1, 0.15) is 23.4 Å². The van der Waals surface area contributed by atoms with Crippen LogP contribution in [0.1, 0.15) is 30.3 Å². The van der Waals surface area contributed by atoms with Crippen molar-refractivity contribution in [3.05, 3.63) is 65.7 Å². The van der Waals surface area contributed by atoms with Gasteiger partial charge in [-0.05, 0) is 60.0 Å². The maximum Gasteiger partial charge on any atom is 0.245 e. The van der Waals surface area contributed by atoms with Gasteiger partial charge in [-0.15, -0.1) is 5.10 Å². The highest BCUT2D eigenvalue weighted by atomic mass is 19.1. The molecule has 1 fully saturated rings. The van der Waals surface area contributed by atoms with Crippen molar-refractivity contribution < 1.29 is 13.9 Å². The lowest BCUT2D eigenvalue weighted by Gasteiger charge is -2.36. The minimum absolute atomic E-state index is 0.0198. The standard InChI is InChI=1S/C23H27FN6O2/c1-16-26-27-28-30(16)21(14-17-9-11-18(24)12-10-17)23(31)25-19-6-5-13-29(15-19)20-7-3-4-8-22(20)32-2/h3-4,7-12,19,21H,5-6,13-15H2,1-2H3,(H,25,31). The molecule has 0 saturated carbocycles. The van der Waals surface area contributed by atoms with Gasteiger partial charge in [0, 0.05) is 25.6 Å². The Balaban J connectivity index is 1.50. The van der Waals surface area contributed by atoms with Gasteiger partial charge in [0.25, 0.3) is 0 Å². The van der Waals surface area contributed by atoms with Gasteiger partial charge in [0.05, 0.1) is 12.8 Å². The maximum absolute atomic E-state index is 13.4. The largest absolute Gasteiger partial charge is 0.495 e. The third kappa shape index (κ3) is 4.87. The molecule has 1 saturated heterocycles. The van der Waals surface area contributed by atoms with Gasteiger partial charge in [-0.1, -0.05) is 24.3 Å². The smallest absolute Gasteiger partial charge is 0.245 e. The number of aromatic nitrogens is 4. The fourth-order valence-corrected chi connectivity index (χ4v) is 4.16. The first kappa shape index (κ1) is 21.7. The lowest BCUT2D eigenvalue weighted by molar-refractivity contribution is -0.125. The molecule has 9 heteroatoms. The van der Waals surface area contributed by atoms with Crippen molar-refractivity contribution in [1.29, 1.82) is 0 Å². The zero-order valence-electron chi connectivity index (χ0n) is 18.2. The van der Waals surface area contributed by atoms with Gasteiger partial charge >= 0.3 is 0 Å². The van der Waals surface area contributed by atoms with E-state index < -0.39 is 6.04 Å². The van der Waals surface area contributed by atoms with E-state index in [0.717, 1.165) is 36.4 Å². The molecule has 0 aliphatic carbocycles. The fraction of sp³-hybridized carbons (Fsp3) is 0.391. The summed E-state index contributed by atoms with van der Waals surface area (Å²) >= 11 is 0. The Bertz CT molecular complexity index is 1050. The van der Waals surface area contributed by atoms with Crippen molar-refractivity contribution in [3.63, 3.8) is 0 Å². The number of ether oxygens (including phenoxy) is 1. The van der Waals surface area contributed by atoms with Crippen molar-refractivity contribution in [1.82, 2.24) is 25.5 Å². The first-order chi connectivity index (χ1) is 15.5. The average molecular weight is 439 g/mol. The molecule has 8 nitrogen and oxygen atoms in total. The van der Waals surface area contributed by atoms with Gasteiger partial charge in [-0.25, -0.2) is 9.07 Å². The molecule has 1 amide bonds. The number of carbonyl (C=O) groups is 1. The molecule has 0 spiro atoms. The molecule has 2 aromatic carbocycles. The summed E-state index contributed by atoms with van der Waals surface area (Å²) in [4.78, 5) is 15.6. The summed E-state index contributed by atoms with van der Waals surface area (Å²) < 4.78 is 20.4. The number of aryl methyl sites for hydroxylation is 1. The van der Waals surface area contributed by atoms with E-state index in [1.807, 2.05) is 24.3 Å². The molecule has 0 radical (unpaired) electrons. The van der Waals surface area contributed by atoms with Crippen molar-refractivity contribution in [2.45, 2.75) is 38.3 Å². The summed E-state index contributed by atoms with van der Waals surface area (Å²) in [6.07, 6.45) is 2.20. The number of carbonyl (C=O) groups excluding carboxylic acids is 1. The highest BCUT2D eigenvalue weighted by molar-refractivity contribution is 5.81. The number of halogens is 1. The van der Waals surface area contributed by atoms with Crippen LogP contribution in [0.4, 0.5) is 10.1 Å². The molecule has 2 unspecified atom stereocenters. The van der Waals surface area contributed by atoms with E-state index in [1.54, 1.807) is 26.2 Å². The molecule has 2 atom stereocenters. The zero-order chi connectivity index (χ0) is 22.5.